The van der Waals surface area contributed by atoms with Crippen LogP contribution in [0.3, 0.4) is 0 Å². The predicted octanol–water partition coefficient (Wildman–Crippen LogP) is -1.26. The lowest BCUT2D eigenvalue weighted by molar-refractivity contribution is -0.382. The molecule has 0 spiro atoms. The predicted molar refractivity (Wildman–Crippen MR) is 238 cm³/mol. The average Bonchev–Trinajstić information content (AvgIpc) is 3.28. The van der Waals surface area contributed by atoms with E-state index in [0.717, 1.165) is 31.3 Å². The zero-order valence-electron chi connectivity index (χ0n) is 41.1. The van der Waals surface area contributed by atoms with E-state index in [0.29, 0.717) is 19.3 Å². The summed E-state index contributed by atoms with van der Waals surface area (Å²) in [4.78, 5) is 12.2. The molecule has 12 N–H and O–H groups in total. The molecule has 0 aromatic rings. The number of carbonyl (C=O) groups is 1. The number of ether oxygens (including phenoxy) is 7. The van der Waals surface area contributed by atoms with Gasteiger partial charge in [0.15, 0.2) is 18.9 Å². The number of esters is 1. The van der Waals surface area contributed by atoms with Crippen molar-refractivity contribution in [3.63, 3.8) is 0 Å². The largest absolute Gasteiger partial charge is 0.465 e. The molecule has 0 radical (unpaired) electrons. The standard InChI is InChI=1S/C49H80O20/c1-21(52)64-20-49-23(15-44(2,3)39(61)40(49)62)22-9-10-28-46(6)13-12-30(45(4,5)27(46)11-14-47(28,7)48(22,8)16-29(49)53)68-43-38(69-42-37(60)35(58)32(55)25(18-51)66-42)33(56)26(19-63-43)67-41-36(59)34(57)31(54)24(17-50)65-41/h9,23-43,50-51,53-62H,10-20H2,1-8H3. The first kappa shape index (κ1) is 53.8. The van der Waals surface area contributed by atoms with Crippen molar-refractivity contribution >= 4 is 5.97 Å². The summed E-state index contributed by atoms with van der Waals surface area (Å²) in [7, 11) is 0. The number of aliphatic hydroxyl groups excluding tert-OH is 12. The van der Waals surface area contributed by atoms with Gasteiger partial charge < -0.3 is 94.4 Å². The van der Waals surface area contributed by atoms with Crippen molar-refractivity contribution in [3.8, 4) is 0 Å². The molecule has 20 nitrogen and oxygen atoms in total. The highest BCUT2D eigenvalue weighted by molar-refractivity contribution is 5.66. The van der Waals surface area contributed by atoms with Crippen LogP contribution in [0.15, 0.2) is 11.6 Å². The maximum atomic E-state index is 12.4. The minimum absolute atomic E-state index is 0.0862. The van der Waals surface area contributed by atoms with E-state index >= 15 is 0 Å². The molecular formula is C49H80O20. The minimum Gasteiger partial charge on any atom is -0.465 e. The summed E-state index contributed by atoms with van der Waals surface area (Å²) in [6, 6.07) is 0. The third-order valence-corrected chi connectivity index (χ3v) is 19.6. The number of fused-ring (bicyclic) bond motifs is 7. The van der Waals surface area contributed by atoms with E-state index in [4.69, 9.17) is 33.2 Å². The molecule has 0 aromatic heterocycles. The van der Waals surface area contributed by atoms with Gasteiger partial charge in [-0.1, -0.05) is 60.1 Å². The van der Waals surface area contributed by atoms with Crippen LogP contribution in [0.1, 0.15) is 100 Å². The van der Waals surface area contributed by atoms with Crippen molar-refractivity contribution < 1.29 is 99.2 Å². The molecule has 0 amide bonds. The van der Waals surface area contributed by atoms with Gasteiger partial charge in [-0.2, -0.15) is 0 Å². The smallest absolute Gasteiger partial charge is 0.302 e. The summed E-state index contributed by atoms with van der Waals surface area (Å²) in [5.41, 5.74) is -2.46. The molecule has 3 aliphatic heterocycles. The maximum absolute atomic E-state index is 12.4. The Morgan fingerprint density at radius 2 is 1.28 bits per heavy atom. The van der Waals surface area contributed by atoms with Crippen LogP contribution in [0.2, 0.25) is 0 Å². The number of allylic oxidation sites excluding steroid dienone is 2. The molecule has 20 heteroatoms. The number of hydrogen-bond donors (Lipinski definition) is 12. The fourth-order valence-corrected chi connectivity index (χ4v) is 15.3. The van der Waals surface area contributed by atoms with Crippen LogP contribution >= 0.6 is 0 Å². The van der Waals surface area contributed by atoms with Crippen LogP contribution in [0.5, 0.6) is 0 Å². The van der Waals surface area contributed by atoms with Crippen LogP contribution in [-0.2, 0) is 38.0 Å². The van der Waals surface area contributed by atoms with Gasteiger partial charge in [-0.3, -0.25) is 4.79 Å². The highest BCUT2D eigenvalue weighted by atomic mass is 16.8. The molecule has 396 valence electrons. The molecule has 8 rings (SSSR count). The molecule has 69 heavy (non-hydrogen) atoms. The Morgan fingerprint density at radius 3 is 1.86 bits per heavy atom. The maximum Gasteiger partial charge on any atom is 0.302 e. The lowest BCUT2D eigenvalue weighted by Gasteiger charge is -2.72. The topological polar surface area (TPSA) is 324 Å². The van der Waals surface area contributed by atoms with Gasteiger partial charge in [0.1, 0.15) is 73.8 Å². The molecule has 3 heterocycles. The van der Waals surface area contributed by atoms with E-state index in [1.165, 1.54) is 6.92 Å². The van der Waals surface area contributed by atoms with Crippen molar-refractivity contribution in [2.24, 2.45) is 50.2 Å². The Bertz CT molecular complexity index is 1880. The second-order valence-corrected chi connectivity index (χ2v) is 23.9. The Kier molecular flexibility index (Phi) is 14.8. The lowest BCUT2D eigenvalue weighted by atomic mass is 9.33. The van der Waals surface area contributed by atoms with Crippen LogP contribution < -0.4 is 0 Å². The van der Waals surface area contributed by atoms with Crippen molar-refractivity contribution in [1.82, 2.24) is 0 Å². The van der Waals surface area contributed by atoms with Gasteiger partial charge >= 0.3 is 5.97 Å². The second-order valence-electron chi connectivity index (χ2n) is 23.9. The normalized spacial score (nSPS) is 53.7. The molecule has 3 saturated heterocycles. The van der Waals surface area contributed by atoms with Crippen molar-refractivity contribution in [1.29, 1.82) is 0 Å². The molecule has 8 aliphatic rings. The second kappa shape index (κ2) is 19.0. The Labute approximate surface area is 403 Å². The quantitative estimate of drug-likeness (QED) is 0.0690. The van der Waals surface area contributed by atoms with E-state index in [1.54, 1.807) is 0 Å². The monoisotopic (exact) mass is 989 g/mol. The van der Waals surface area contributed by atoms with E-state index in [-0.39, 0.29) is 41.8 Å². The van der Waals surface area contributed by atoms with Gasteiger partial charge in [0.05, 0.1) is 49.7 Å². The highest BCUT2D eigenvalue weighted by Crippen LogP contribution is 2.76. The first-order chi connectivity index (χ1) is 32.2. The Balaban J connectivity index is 1.06. The molecular weight excluding hydrogens is 909 g/mol. The average molecular weight is 989 g/mol. The summed E-state index contributed by atoms with van der Waals surface area (Å²) in [5.74, 6) is -0.660. The molecule has 25 atom stereocenters. The summed E-state index contributed by atoms with van der Waals surface area (Å²) in [5, 5.41) is 131. The number of hydrogen-bond acceptors (Lipinski definition) is 20. The summed E-state index contributed by atoms with van der Waals surface area (Å²) >= 11 is 0. The molecule has 4 saturated carbocycles. The van der Waals surface area contributed by atoms with Crippen LogP contribution in [0.25, 0.3) is 0 Å². The van der Waals surface area contributed by atoms with Crippen LogP contribution in [0, 0.1) is 50.2 Å². The molecule has 5 aliphatic carbocycles. The summed E-state index contributed by atoms with van der Waals surface area (Å²) in [6.07, 6.45) is -19.9. The molecule has 0 bridgehead atoms. The van der Waals surface area contributed by atoms with Crippen molar-refractivity contribution in [3.05, 3.63) is 11.6 Å². The zero-order valence-corrected chi connectivity index (χ0v) is 41.1. The third kappa shape index (κ3) is 8.40. The van der Waals surface area contributed by atoms with Gasteiger partial charge in [-0.25, -0.2) is 0 Å². The minimum atomic E-state index is -1.85. The fourth-order valence-electron chi connectivity index (χ4n) is 15.3. The van der Waals surface area contributed by atoms with Gasteiger partial charge in [0, 0.05) is 6.92 Å². The van der Waals surface area contributed by atoms with Crippen molar-refractivity contribution in [2.45, 2.75) is 211 Å². The molecule has 25 unspecified atom stereocenters. The van der Waals surface area contributed by atoms with Crippen LogP contribution in [-0.4, -0.2) is 204 Å². The SMILES string of the molecule is CC(=O)OCC12C(O)CC3(C)C(=CCC4C5(C)CCC(OC6OCC(OC7OC(CO)C(O)C(O)C7O)C(O)C6OC6OC(CO)C(O)C(O)C6O)C(C)(C)C5CCC43C)C1CC(C)(C)C(O)C2O. The number of aliphatic hydroxyl groups is 12. The van der Waals surface area contributed by atoms with Crippen molar-refractivity contribution in [2.75, 3.05) is 26.4 Å². The summed E-state index contributed by atoms with van der Waals surface area (Å²) < 4.78 is 42.1. The number of rotatable bonds is 10. The van der Waals surface area contributed by atoms with E-state index in [9.17, 15) is 66.1 Å². The lowest BCUT2D eigenvalue weighted by Crippen LogP contribution is -2.71. The molecule has 0 aromatic carbocycles. The third-order valence-electron chi connectivity index (χ3n) is 19.6. The zero-order chi connectivity index (χ0) is 50.7. The van der Waals surface area contributed by atoms with Crippen LogP contribution in [0.4, 0.5) is 0 Å². The Morgan fingerprint density at radius 1 is 0.681 bits per heavy atom. The van der Waals surface area contributed by atoms with E-state index in [1.807, 2.05) is 13.8 Å². The van der Waals surface area contributed by atoms with Gasteiger partial charge in [-0.05, 0) is 89.8 Å². The Hall–Kier alpha value is -1.51. The van der Waals surface area contributed by atoms with Gasteiger partial charge in [0.25, 0.3) is 0 Å². The number of carbonyl (C=O) groups excluding carboxylic acids is 1. The van der Waals surface area contributed by atoms with Gasteiger partial charge in [0.2, 0.25) is 0 Å². The van der Waals surface area contributed by atoms with E-state index in [2.05, 4.69) is 40.7 Å². The first-order valence-electron chi connectivity index (χ1n) is 24.9. The highest BCUT2D eigenvalue weighted by Gasteiger charge is 2.73. The molecule has 7 fully saturated rings. The van der Waals surface area contributed by atoms with E-state index < -0.39 is 151 Å². The first-order valence-corrected chi connectivity index (χ1v) is 24.9. The fraction of sp³-hybridized carbons (Fsp3) is 0.939. The van der Waals surface area contributed by atoms with Gasteiger partial charge in [-0.15, -0.1) is 0 Å². The summed E-state index contributed by atoms with van der Waals surface area (Å²) in [6.45, 7) is 14.3.